The van der Waals surface area contributed by atoms with Gasteiger partial charge in [0.05, 0.1) is 5.69 Å². The Morgan fingerprint density at radius 2 is 0.684 bits per heavy atom. The van der Waals surface area contributed by atoms with E-state index >= 15 is 0 Å². The van der Waals surface area contributed by atoms with Gasteiger partial charge < -0.3 is 14.7 Å². The molecule has 0 saturated carbocycles. The van der Waals surface area contributed by atoms with E-state index in [4.69, 9.17) is 0 Å². The molecule has 0 N–H and O–H groups in total. The number of nitrogens with zero attached hydrogens (tertiary/aromatic N) is 3. The predicted molar refractivity (Wildman–Crippen MR) is 333 cm³/mol. The Balaban J connectivity index is 1.33. The van der Waals surface area contributed by atoms with Crippen LogP contribution >= 0.6 is 0 Å². The molecule has 0 unspecified atom stereocenters. The molecule has 0 atom stereocenters. The molecule has 3 nitrogen and oxygen atoms in total. The summed E-state index contributed by atoms with van der Waals surface area (Å²) in [6.07, 6.45) is 0. The van der Waals surface area contributed by atoms with Gasteiger partial charge in [0.25, 0.3) is 6.71 Å². The third-order valence-corrected chi connectivity index (χ3v) is 16.2. The van der Waals surface area contributed by atoms with E-state index in [1.165, 1.54) is 89.3 Å². The van der Waals surface area contributed by atoms with E-state index in [1.807, 2.05) is 0 Å². The minimum absolute atomic E-state index is 0.0244. The van der Waals surface area contributed by atoms with Gasteiger partial charge in [0.2, 0.25) is 0 Å². The molecule has 0 amide bonds. The third-order valence-electron chi connectivity index (χ3n) is 16.2. The lowest BCUT2D eigenvalue weighted by molar-refractivity contribution is 0.589. The Labute approximate surface area is 458 Å². The van der Waals surface area contributed by atoms with Crippen molar-refractivity contribution >= 4 is 74.3 Å². The number of rotatable bonds is 6. The van der Waals surface area contributed by atoms with Crippen molar-refractivity contribution in [2.24, 2.45) is 0 Å². The topological polar surface area (TPSA) is 9.72 Å². The molecule has 2 heterocycles. The second-order valence-electron chi connectivity index (χ2n) is 28.1. The first-order valence-electron chi connectivity index (χ1n) is 27.9. The summed E-state index contributed by atoms with van der Waals surface area (Å²) in [6.45, 7) is 41.8. The lowest BCUT2D eigenvalue weighted by Crippen LogP contribution is -2.61. The van der Waals surface area contributed by atoms with Gasteiger partial charge in [0, 0.05) is 51.1 Å². The van der Waals surface area contributed by atoms with Crippen LogP contribution < -0.4 is 31.1 Å². The highest BCUT2D eigenvalue weighted by molar-refractivity contribution is 7.00. The maximum Gasteiger partial charge on any atom is 0.252 e. The first-order chi connectivity index (χ1) is 35.5. The zero-order valence-corrected chi connectivity index (χ0v) is 49.1. The largest absolute Gasteiger partial charge is 0.311 e. The maximum atomic E-state index is 2.65. The van der Waals surface area contributed by atoms with Gasteiger partial charge in [0.1, 0.15) is 0 Å². The lowest BCUT2D eigenvalue weighted by Gasteiger charge is -2.46. The minimum atomic E-state index is -0.169. The van der Waals surface area contributed by atoms with Gasteiger partial charge in [-0.3, -0.25) is 0 Å². The van der Waals surface area contributed by atoms with Gasteiger partial charge >= 0.3 is 0 Å². The Kier molecular flexibility index (Phi) is 12.8. The first-order valence-corrected chi connectivity index (χ1v) is 27.9. The molecule has 0 spiro atoms. The Morgan fingerprint density at radius 3 is 1.17 bits per heavy atom. The van der Waals surface area contributed by atoms with E-state index in [9.17, 15) is 0 Å². The van der Waals surface area contributed by atoms with E-state index < -0.39 is 0 Å². The highest BCUT2D eigenvalue weighted by Crippen LogP contribution is 2.51. The molecule has 8 aromatic rings. The van der Waals surface area contributed by atoms with Crippen LogP contribution in [0.1, 0.15) is 158 Å². The zero-order chi connectivity index (χ0) is 54.7. The summed E-state index contributed by atoms with van der Waals surface area (Å²) in [5.74, 6) is 0. The minimum Gasteiger partial charge on any atom is -0.311 e. The Morgan fingerprint density at radius 1 is 0.303 bits per heavy atom. The van der Waals surface area contributed by atoms with Crippen molar-refractivity contribution in [2.75, 3.05) is 14.7 Å². The summed E-state index contributed by atoms with van der Waals surface area (Å²) in [6, 6.07) is 66.1. The zero-order valence-electron chi connectivity index (χ0n) is 49.1. The summed E-state index contributed by atoms with van der Waals surface area (Å²) >= 11 is 0. The molecule has 4 heteroatoms. The smallest absolute Gasteiger partial charge is 0.252 e. The highest BCUT2D eigenvalue weighted by Gasteiger charge is 2.45. The molecule has 8 aromatic carbocycles. The van der Waals surface area contributed by atoms with Crippen LogP contribution in [-0.2, 0) is 32.5 Å². The average molecular weight is 1000 g/mol. The number of hydrogen-bond donors (Lipinski definition) is 0. The molecule has 76 heavy (non-hydrogen) atoms. The lowest BCUT2D eigenvalue weighted by atomic mass is 9.33. The Hall–Kier alpha value is -6.78. The summed E-state index contributed by atoms with van der Waals surface area (Å²) < 4.78 is 0. The molecule has 0 fully saturated rings. The van der Waals surface area contributed by atoms with Gasteiger partial charge in [0.15, 0.2) is 0 Å². The molecular weight excluding hydrogens is 918 g/mol. The molecule has 2 aliphatic rings. The molecule has 0 saturated heterocycles. The van der Waals surface area contributed by atoms with Gasteiger partial charge in [-0.25, -0.2) is 0 Å². The molecule has 0 radical (unpaired) electrons. The number of anilines is 9. The van der Waals surface area contributed by atoms with Gasteiger partial charge in [-0.05, 0) is 167 Å². The van der Waals surface area contributed by atoms with Crippen LogP contribution in [0.4, 0.5) is 51.2 Å². The standard InChI is InChI=1S/C72H82BN3/c1-67(2,3)48-24-32-54(33-25-48)74(55-34-26-49(27-35-55)68(4,5)6)57-38-40-60-63(46-57)76(61-41-31-51(70(10,11)12)42-58(61)47-22-20-19-21-23-47)65-45-53(72(16,17)18)44-64-66(65)73(60)59-39-30-52(71(13,14)15)43-62(59)75(64)56-36-28-50(29-37-56)69(7,8)9/h19-46H,1-18H3. The van der Waals surface area contributed by atoms with E-state index in [1.54, 1.807) is 0 Å². The van der Waals surface area contributed by atoms with Crippen LogP contribution in [0.25, 0.3) is 11.1 Å². The molecule has 0 aromatic heterocycles. The van der Waals surface area contributed by atoms with Crippen molar-refractivity contribution in [2.45, 2.75) is 157 Å². The van der Waals surface area contributed by atoms with Crippen LogP contribution in [0, 0.1) is 0 Å². The molecule has 388 valence electrons. The van der Waals surface area contributed by atoms with Crippen LogP contribution in [0.15, 0.2) is 170 Å². The fraction of sp³-hybridized carbons (Fsp3) is 0.333. The Bertz CT molecular complexity index is 3390. The second-order valence-corrected chi connectivity index (χ2v) is 28.1. The maximum absolute atomic E-state index is 2.65. The van der Waals surface area contributed by atoms with Crippen LogP contribution in [0.5, 0.6) is 0 Å². The second kappa shape index (κ2) is 18.5. The quantitative estimate of drug-likeness (QED) is 0.154. The van der Waals surface area contributed by atoms with E-state index in [0.717, 1.165) is 22.7 Å². The van der Waals surface area contributed by atoms with Gasteiger partial charge in [-0.15, -0.1) is 0 Å². The number of fused-ring (bicyclic) bond motifs is 4. The summed E-state index contributed by atoms with van der Waals surface area (Å²) in [4.78, 5) is 7.72. The van der Waals surface area contributed by atoms with Crippen LogP contribution in [-0.4, -0.2) is 6.71 Å². The van der Waals surface area contributed by atoms with Crippen molar-refractivity contribution in [1.82, 2.24) is 0 Å². The van der Waals surface area contributed by atoms with Crippen LogP contribution in [0.3, 0.4) is 0 Å². The summed E-state index contributed by atoms with van der Waals surface area (Å²) in [5, 5.41) is 0. The monoisotopic (exact) mass is 1000 g/mol. The van der Waals surface area contributed by atoms with E-state index in [-0.39, 0.29) is 39.2 Å². The van der Waals surface area contributed by atoms with Gasteiger partial charge in [-0.1, -0.05) is 216 Å². The van der Waals surface area contributed by atoms with Crippen LogP contribution in [0.2, 0.25) is 0 Å². The molecule has 0 bridgehead atoms. The number of benzene rings is 8. The molecular formula is C72H82BN3. The highest BCUT2D eigenvalue weighted by atomic mass is 15.2. The predicted octanol–water partition coefficient (Wildman–Crippen LogP) is 18.7. The van der Waals surface area contributed by atoms with Crippen molar-refractivity contribution in [1.29, 1.82) is 0 Å². The van der Waals surface area contributed by atoms with E-state index in [0.29, 0.717) is 0 Å². The average Bonchev–Trinajstić information content (AvgIpc) is 3.37. The molecule has 10 rings (SSSR count). The van der Waals surface area contributed by atoms with Crippen molar-refractivity contribution < 1.29 is 0 Å². The van der Waals surface area contributed by atoms with Crippen molar-refractivity contribution in [3.8, 4) is 11.1 Å². The summed E-state index contributed by atoms with van der Waals surface area (Å²) in [7, 11) is 0. The normalized spacial score (nSPS) is 13.8. The molecule has 0 aliphatic carbocycles. The SMILES string of the molecule is CC(C)(C)c1ccc(N(c2ccc(C(C)(C)C)cc2)c2ccc3c(c2)N(c2ccc(C(C)(C)C)cc2-c2ccccc2)c2cc(C(C)(C)C)cc4c2B3c2ccc(C(C)(C)C)cc2N4c2ccc(C(C)(C)C)cc2)cc1. The first kappa shape index (κ1) is 52.7. The fourth-order valence-electron chi connectivity index (χ4n) is 11.4. The fourth-order valence-corrected chi connectivity index (χ4v) is 11.4. The third kappa shape index (κ3) is 9.71. The van der Waals surface area contributed by atoms with Crippen molar-refractivity contribution in [3.05, 3.63) is 203 Å². The van der Waals surface area contributed by atoms with E-state index in [2.05, 4.69) is 309 Å². The summed E-state index contributed by atoms with van der Waals surface area (Å²) in [5.41, 5.74) is 24.6. The number of hydrogen-bond acceptors (Lipinski definition) is 3. The van der Waals surface area contributed by atoms with Crippen molar-refractivity contribution in [3.63, 3.8) is 0 Å². The van der Waals surface area contributed by atoms with Gasteiger partial charge in [-0.2, -0.15) is 0 Å². The molecule has 2 aliphatic heterocycles.